The number of aromatic nitrogens is 2. The summed E-state index contributed by atoms with van der Waals surface area (Å²) in [5.74, 6) is 2.16. The number of aliphatic hydroxyl groups is 1. The summed E-state index contributed by atoms with van der Waals surface area (Å²) in [6, 6.07) is 17.8. The molecule has 0 spiro atoms. The fraction of sp³-hybridized carbons (Fsp3) is 0.483. The normalized spacial score (nSPS) is 12.3. The first kappa shape index (κ1) is 27.7. The van der Waals surface area contributed by atoms with Crippen molar-refractivity contribution in [3.8, 4) is 23.1 Å². The van der Waals surface area contributed by atoms with Gasteiger partial charge in [0.05, 0.1) is 36.8 Å². The Kier molecular flexibility index (Phi) is 10.8. The van der Waals surface area contributed by atoms with Gasteiger partial charge in [0.2, 0.25) is 5.88 Å². The molecule has 196 valence electrons. The lowest BCUT2D eigenvalue weighted by Crippen LogP contribution is -2.39. The van der Waals surface area contributed by atoms with Crippen LogP contribution in [0.4, 0.5) is 0 Å². The van der Waals surface area contributed by atoms with E-state index >= 15 is 0 Å². The zero-order chi connectivity index (χ0) is 25.9. The van der Waals surface area contributed by atoms with Crippen molar-refractivity contribution in [2.45, 2.75) is 65.6 Å². The lowest BCUT2D eigenvalue weighted by molar-refractivity contribution is 0.00841. The number of unbranched alkanes of at least 4 members (excludes halogenated alkanes) is 1. The van der Waals surface area contributed by atoms with Crippen molar-refractivity contribution >= 4 is 0 Å². The molecule has 0 bridgehead atoms. The highest BCUT2D eigenvalue weighted by molar-refractivity contribution is 5.44. The summed E-state index contributed by atoms with van der Waals surface area (Å²) < 4.78 is 19.3. The first-order valence-electron chi connectivity index (χ1n) is 12.9. The van der Waals surface area contributed by atoms with Gasteiger partial charge in [0.1, 0.15) is 11.5 Å². The van der Waals surface area contributed by atoms with E-state index in [0.717, 1.165) is 42.0 Å². The maximum Gasteiger partial charge on any atom is 0.227 e. The topological polar surface area (TPSA) is 69.0 Å². The van der Waals surface area contributed by atoms with Crippen molar-refractivity contribution in [3.63, 3.8) is 0 Å². The molecule has 0 amide bonds. The van der Waals surface area contributed by atoms with Crippen LogP contribution in [0.1, 0.15) is 51.8 Å². The molecular formula is C29H41N3O4. The summed E-state index contributed by atoms with van der Waals surface area (Å²) in [7, 11) is 1.65. The molecule has 1 N–H and O–H groups in total. The first-order chi connectivity index (χ1) is 17.5. The van der Waals surface area contributed by atoms with E-state index in [-0.39, 0.29) is 6.04 Å². The van der Waals surface area contributed by atoms with Gasteiger partial charge in [0.25, 0.3) is 0 Å². The molecule has 3 aromatic rings. The predicted octanol–water partition coefficient (Wildman–Crippen LogP) is 5.62. The minimum Gasteiger partial charge on any atom is -0.497 e. The van der Waals surface area contributed by atoms with Gasteiger partial charge in [-0.15, -0.1) is 0 Å². The number of nitrogens with zero attached hydrogens (tertiary/aromatic N) is 3. The third kappa shape index (κ3) is 7.56. The Labute approximate surface area is 215 Å². The van der Waals surface area contributed by atoms with Crippen molar-refractivity contribution in [1.82, 2.24) is 14.7 Å². The van der Waals surface area contributed by atoms with Crippen molar-refractivity contribution in [2.24, 2.45) is 0 Å². The molecule has 1 atom stereocenters. The van der Waals surface area contributed by atoms with Gasteiger partial charge in [-0.1, -0.05) is 38.5 Å². The lowest BCUT2D eigenvalue weighted by Gasteiger charge is -2.29. The van der Waals surface area contributed by atoms with E-state index in [4.69, 9.17) is 19.3 Å². The fourth-order valence-electron chi connectivity index (χ4n) is 3.98. The SMILES string of the molecule is CCCCOC[C@H](O)CN(Cc1c(CC)nn(-c2ccccc2)c1Oc1ccc(OC)cc1)C(C)C. The molecule has 0 saturated heterocycles. The highest BCUT2D eigenvalue weighted by Gasteiger charge is 2.25. The number of hydrogen-bond acceptors (Lipinski definition) is 6. The molecule has 3 rings (SSSR count). The number of aryl methyl sites for hydroxylation is 1. The minimum absolute atomic E-state index is 0.217. The van der Waals surface area contributed by atoms with Crippen LogP contribution in [0.2, 0.25) is 0 Å². The first-order valence-corrected chi connectivity index (χ1v) is 12.9. The average molecular weight is 496 g/mol. The number of rotatable bonds is 15. The zero-order valence-corrected chi connectivity index (χ0v) is 22.3. The second-order valence-electron chi connectivity index (χ2n) is 9.21. The average Bonchev–Trinajstić information content (AvgIpc) is 3.24. The molecule has 1 heterocycles. The van der Waals surface area contributed by atoms with E-state index in [1.165, 1.54) is 0 Å². The second kappa shape index (κ2) is 14.0. The quantitative estimate of drug-likeness (QED) is 0.276. The van der Waals surface area contributed by atoms with Gasteiger partial charge in [-0.3, -0.25) is 4.90 Å². The Hall–Kier alpha value is -2.87. The van der Waals surface area contributed by atoms with E-state index in [1.54, 1.807) is 7.11 Å². The minimum atomic E-state index is -0.565. The number of aliphatic hydroxyl groups excluding tert-OH is 1. The van der Waals surface area contributed by atoms with E-state index in [0.29, 0.717) is 37.9 Å². The predicted molar refractivity (Wildman–Crippen MR) is 143 cm³/mol. The molecule has 0 fully saturated rings. The van der Waals surface area contributed by atoms with Gasteiger partial charge in [0, 0.05) is 25.7 Å². The summed E-state index contributed by atoms with van der Waals surface area (Å²) in [6.45, 7) is 10.6. The van der Waals surface area contributed by atoms with Gasteiger partial charge in [0.15, 0.2) is 0 Å². The van der Waals surface area contributed by atoms with Gasteiger partial charge in [-0.25, -0.2) is 4.68 Å². The van der Waals surface area contributed by atoms with Crippen molar-refractivity contribution in [1.29, 1.82) is 0 Å². The highest BCUT2D eigenvalue weighted by atomic mass is 16.5. The summed E-state index contributed by atoms with van der Waals surface area (Å²) in [6.07, 6.45) is 2.29. The molecule has 0 aliphatic rings. The van der Waals surface area contributed by atoms with Crippen LogP contribution in [0.15, 0.2) is 54.6 Å². The van der Waals surface area contributed by atoms with Crippen LogP contribution in [0.25, 0.3) is 5.69 Å². The van der Waals surface area contributed by atoms with Gasteiger partial charge in [-0.2, -0.15) is 5.10 Å². The zero-order valence-electron chi connectivity index (χ0n) is 22.3. The molecule has 7 nitrogen and oxygen atoms in total. The molecule has 0 saturated carbocycles. The van der Waals surface area contributed by atoms with Gasteiger partial charge in [-0.05, 0) is 63.1 Å². The van der Waals surface area contributed by atoms with E-state index < -0.39 is 6.10 Å². The summed E-state index contributed by atoms with van der Waals surface area (Å²) >= 11 is 0. The van der Waals surface area contributed by atoms with Crippen LogP contribution < -0.4 is 9.47 Å². The molecule has 0 aliphatic heterocycles. The molecule has 2 aromatic carbocycles. The van der Waals surface area contributed by atoms with Crippen LogP contribution in [-0.4, -0.2) is 58.8 Å². The Morgan fingerprint density at radius 2 is 1.69 bits per heavy atom. The molecule has 0 aliphatic carbocycles. The van der Waals surface area contributed by atoms with E-state index in [1.807, 2.05) is 59.3 Å². The standard InChI is InChI=1S/C29H41N3O4/c1-6-8-18-35-21-24(33)19-31(22(3)4)20-27-28(7-2)30-32(23-12-10-9-11-13-23)29(27)36-26-16-14-25(34-5)15-17-26/h9-17,22,24,33H,6-8,18-21H2,1-5H3/t24-/m1/s1. The molecule has 0 radical (unpaired) electrons. The summed E-state index contributed by atoms with van der Waals surface area (Å²) in [4.78, 5) is 2.25. The second-order valence-corrected chi connectivity index (χ2v) is 9.21. The van der Waals surface area contributed by atoms with Gasteiger partial charge < -0.3 is 19.3 Å². The molecule has 36 heavy (non-hydrogen) atoms. The van der Waals surface area contributed by atoms with E-state index in [2.05, 4.69) is 32.6 Å². The number of hydrogen-bond donors (Lipinski definition) is 1. The summed E-state index contributed by atoms with van der Waals surface area (Å²) in [5.41, 5.74) is 2.93. The molecule has 1 aromatic heterocycles. The lowest BCUT2D eigenvalue weighted by atomic mass is 10.1. The third-order valence-electron chi connectivity index (χ3n) is 6.12. The maximum atomic E-state index is 10.7. The Morgan fingerprint density at radius 1 is 1.00 bits per heavy atom. The van der Waals surface area contributed by atoms with E-state index in [9.17, 15) is 5.11 Å². The molecule has 7 heteroatoms. The van der Waals surface area contributed by atoms with Crippen LogP contribution in [-0.2, 0) is 17.7 Å². The van der Waals surface area contributed by atoms with Crippen LogP contribution in [0.5, 0.6) is 17.4 Å². The monoisotopic (exact) mass is 495 g/mol. The highest BCUT2D eigenvalue weighted by Crippen LogP contribution is 2.33. The Morgan fingerprint density at radius 3 is 2.31 bits per heavy atom. The van der Waals surface area contributed by atoms with Gasteiger partial charge >= 0.3 is 0 Å². The number of para-hydroxylation sites is 1. The van der Waals surface area contributed by atoms with Crippen molar-refractivity contribution in [2.75, 3.05) is 26.9 Å². The number of ether oxygens (including phenoxy) is 3. The Bertz CT molecular complexity index is 1030. The third-order valence-corrected chi connectivity index (χ3v) is 6.12. The van der Waals surface area contributed by atoms with Crippen LogP contribution >= 0.6 is 0 Å². The molecular weight excluding hydrogens is 454 g/mol. The summed E-state index contributed by atoms with van der Waals surface area (Å²) in [5, 5.41) is 15.6. The van der Waals surface area contributed by atoms with Crippen LogP contribution in [0, 0.1) is 0 Å². The smallest absolute Gasteiger partial charge is 0.227 e. The molecule has 0 unspecified atom stereocenters. The Balaban J connectivity index is 1.92. The maximum absolute atomic E-state index is 10.7. The fourth-order valence-corrected chi connectivity index (χ4v) is 3.98. The number of benzene rings is 2. The number of methoxy groups -OCH3 is 1. The van der Waals surface area contributed by atoms with Crippen molar-refractivity contribution < 1.29 is 19.3 Å². The van der Waals surface area contributed by atoms with Crippen LogP contribution in [0.3, 0.4) is 0 Å². The largest absolute Gasteiger partial charge is 0.497 e. The van der Waals surface area contributed by atoms with Crippen molar-refractivity contribution in [3.05, 3.63) is 65.9 Å².